The summed E-state index contributed by atoms with van der Waals surface area (Å²) < 4.78 is 48.6. The number of aliphatic hydroxyl groups excluding tert-OH is 1. The largest absolute Gasteiger partial charge is 0.497 e. The molecule has 1 N–H and O–H groups in total. The van der Waals surface area contributed by atoms with Crippen LogP contribution in [0.4, 0.5) is 0 Å². The number of halogens is 2. The molecular weight excluding hydrogens is 1890 g/mol. The molecule has 2 unspecified atom stereocenters. The number of aliphatic hydroxyl groups is 1. The summed E-state index contributed by atoms with van der Waals surface area (Å²) in [6.07, 6.45) is 20.8. The van der Waals surface area contributed by atoms with E-state index in [1.807, 2.05) is 144 Å². The molecule has 0 bridgehead atoms. The number of fused-ring (bicyclic) bond motifs is 2. The topological polar surface area (TPSA) is 390 Å². The monoisotopic (exact) mass is 2000 g/mol. The summed E-state index contributed by atoms with van der Waals surface area (Å²) in [7, 11) is 3.29. The zero-order chi connectivity index (χ0) is 98.0. The van der Waals surface area contributed by atoms with Gasteiger partial charge in [0.15, 0.2) is 25.0 Å². The second-order valence-corrected chi connectivity index (χ2v) is 29.6. The molecule has 134 heavy (non-hydrogen) atoms. The van der Waals surface area contributed by atoms with Crippen LogP contribution in [-0.2, 0) is 74.8 Å². The van der Waals surface area contributed by atoms with Crippen LogP contribution in [0, 0.1) is 6.92 Å². The Balaban J connectivity index is 0.00000147. The number of aldehydes is 3. The van der Waals surface area contributed by atoms with E-state index in [2.05, 4.69) is 110 Å². The van der Waals surface area contributed by atoms with E-state index in [9.17, 15) is 57.8 Å². The molecule has 0 aliphatic rings. The lowest BCUT2D eigenvalue weighted by Crippen LogP contribution is -2.19. The van der Waals surface area contributed by atoms with E-state index in [1.165, 1.54) is 49.6 Å². The summed E-state index contributed by atoms with van der Waals surface area (Å²) >= 11 is 9.24. The summed E-state index contributed by atoms with van der Waals surface area (Å²) in [6, 6.07) is 57.0. The Kier molecular flexibility index (Phi) is 63.8. The third-order valence-corrected chi connectivity index (χ3v) is 18.6. The van der Waals surface area contributed by atoms with Gasteiger partial charge in [-0.05, 0) is 220 Å². The third-order valence-electron chi connectivity index (χ3n) is 15.6. The molecule has 0 spiro atoms. The van der Waals surface area contributed by atoms with Crippen molar-refractivity contribution in [3.8, 4) is 22.1 Å². The molecule has 13 aromatic heterocycles. The minimum Gasteiger partial charge on any atom is -0.497 e. The van der Waals surface area contributed by atoms with Crippen LogP contribution in [0.5, 0.6) is 11.5 Å². The quantitative estimate of drug-likeness (QED) is 0.0155. The van der Waals surface area contributed by atoms with Gasteiger partial charge in [-0.15, -0.1) is 22.7 Å². The molecule has 0 aromatic carbocycles. The van der Waals surface area contributed by atoms with Crippen molar-refractivity contribution in [1.29, 1.82) is 0 Å². The average Bonchev–Trinajstić information content (AvgIpc) is 1.62. The SMILES string of the molecule is C.C.C=C(C(=O)OCC)C(O)c1ccccn1.C=C(C(=O)OCC)C(OC(C)=O)c1ccccn1.C=CC(=O)OCC.CC(=O)OC(C)=O.CCOC(=O)c1cc2ccccn2c1.CCOC(=O)c1cc2ccccn2c1-c1ccc(C=O)s1.CCc1cc(OC)ccn1.CCc1ccccn1.COc1ccnc(Br)c1.Cc1ccccn1.O=Cc1ccc(Br)s1.O=Cc1ccccn1. The fourth-order valence-corrected chi connectivity index (χ4v) is 12.1. The Morgan fingerprint density at radius 1 is 0.478 bits per heavy atom. The molecule has 13 heterocycles. The molecule has 30 nitrogen and oxygen atoms in total. The van der Waals surface area contributed by atoms with Gasteiger partial charge in [0.25, 0.3) is 0 Å². The first kappa shape index (κ1) is 120. The first-order valence-corrected chi connectivity index (χ1v) is 43.6. The number of carbonyl (C=O) groups is 11. The maximum absolute atomic E-state index is 12.2. The van der Waals surface area contributed by atoms with Crippen LogP contribution >= 0.6 is 54.5 Å². The molecule has 2 atom stereocenters. The number of pyridine rings is 9. The van der Waals surface area contributed by atoms with Gasteiger partial charge in [-0.2, -0.15) is 0 Å². The van der Waals surface area contributed by atoms with Crippen molar-refractivity contribution < 1.29 is 100 Å². The smallest absolute Gasteiger partial charge is 0.340 e. The standard InChI is InChI=1S/C16H13NO3S.C13H15NO4.C11H13NO3.C11H11NO2.C8H11NO.C7H9N.C6H6BrNO.C6H5NO.C6H7N.C5H3BrOS.C5H8O2.C4H6O3.2CH4/c1-2-20-16(19)13-9-11-5-3-4-8-17(11)15(13)14-7-6-12(10-18)21-14;1-4-17-13(16)9(2)12(18-10(3)15)11-7-5-6-8-14-11;1-3-15-11(14)8(2)10(13)9-6-4-5-7-12-9;1-2-14-11(13)9-7-10-5-3-4-6-12(10)8-9;1-3-7-6-8(10-2)4-5-9-7;1-2-7-5-3-4-6-8-7;1-9-5-2-3-8-6(7)4-5;8-5-6-3-1-2-4-7-6;1-6-4-2-3-5-7-6;6-5-2-1-4(3-7)8-5;1-3-5(6)7-4-2;1-3(5)7-4(2)6;;/h3-10H,2H2,1H3;5-8,12H,2,4H2,1,3H3;4-7,10,13H,2-3H2,1H3;3-8H,2H2,1H3;4-6H,3H2,1-2H3;3-6H,2H2,1H3;2-4H,1H3;1-5H;2-5H,1H3;1-3H;3H,1,4H2,2H3;1-2H3;2*1H4. The van der Waals surface area contributed by atoms with Gasteiger partial charge in [-0.1, -0.05) is 90.9 Å². The fourth-order valence-electron chi connectivity index (χ4n) is 9.64. The first-order valence-electron chi connectivity index (χ1n) is 40.4. The molecule has 0 fully saturated rings. The highest BCUT2D eigenvalue weighted by Crippen LogP contribution is 2.34. The van der Waals surface area contributed by atoms with E-state index < -0.39 is 42.1 Å². The van der Waals surface area contributed by atoms with Crippen molar-refractivity contribution in [1.82, 2.24) is 43.7 Å². The van der Waals surface area contributed by atoms with Crippen molar-refractivity contribution in [3.63, 3.8) is 0 Å². The van der Waals surface area contributed by atoms with Gasteiger partial charge < -0.3 is 56.5 Å². The lowest BCUT2D eigenvalue weighted by atomic mass is 10.1. The number of thiophene rings is 2. The van der Waals surface area contributed by atoms with Crippen LogP contribution in [0.1, 0.15) is 175 Å². The minimum atomic E-state index is -1.11. The molecule has 0 amide bonds. The molecule has 13 rings (SSSR count). The number of aromatic nitrogens is 9. The van der Waals surface area contributed by atoms with Crippen molar-refractivity contribution in [2.24, 2.45) is 0 Å². The summed E-state index contributed by atoms with van der Waals surface area (Å²) in [4.78, 5) is 148. The van der Waals surface area contributed by atoms with Crippen LogP contribution in [0.2, 0.25) is 0 Å². The van der Waals surface area contributed by atoms with E-state index in [-0.39, 0.29) is 57.1 Å². The Morgan fingerprint density at radius 2 is 0.978 bits per heavy atom. The second kappa shape index (κ2) is 71.4. The minimum absolute atomic E-state index is 0. The summed E-state index contributed by atoms with van der Waals surface area (Å²) in [5.74, 6) is -2.12. The maximum atomic E-state index is 12.2. The van der Waals surface area contributed by atoms with Gasteiger partial charge >= 0.3 is 47.8 Å². The Hall–Kier alpha value is -14.3. The van der Waals surface area contributed by atoms with Gasteiger partial charge in [0.05, 0.1) is 105 Å². The van der Waals surface area contributed by atoms with Crippen molar-refractivity contribution in [2.45, 2.75) is 116 Å². The van der Waals surface area contributed by atoms with Gasteiger partial charge in [0.2, 0.25) is 0 Å². The lowest BCUT2D eigenvalue weighted by molar-refractivity contribution is -0.156. The fraction of sp³-hybridized carbons (Fsp3) is 0.240. The number of aryl methyl sites for hydroxylation is 3. The van der Waals surface area contributed by atoms with Crippen molar-refractivity contribution in [2.75, 3.05) is 47.3 Å². The third kappa shape index (κ3) is 49.1. The summed E-state index contributed by atoms with van der Waals surface area (Å²) in [5, 5.41) is 9.72. The van der Waals surface area contributed by atoms with E-state index in [4.69, 9.17) is 33.2 Å². The van der Waals surface area contributed by atoms with Crippen LogP contribution in [-0.4, -0.2) is 163 Å². The maximum Gasteiger partial charge on any atom is 0.340 e. The Bertz CT molecular complexity index is 5590. The van der Waals surface area contributed by atoms with Crippen molar-refractivity contribution >= 4 is 132 Å². The molecule has 0 radical (unpaired) electrons. The number of esters is 8. The molecule has 0 saturated carbocycles. The second-order valence-electron chi connectivity index (χ2n) is 25.2. The van der Waals surface area contributed by atoms with E-state index in [0.29, 0.717) is 52.9 Å². The number of nitrogens with zero attached hydrogens (tertiary/aromatic N) is 9. The predicted molar refractivity (Wildman–Crippen MR) is 526 cm³/mol. The van der Waals surface area contributed by atoms with Gasteiger partial charge in [0, 0.05) is 129 Å². The van der Waals surface area contributed by atoms with E-state index in [0.717, 1.165) is 101 Å². The number of ether oxygens (including phenoxy) is 9. The van der Waals surface area contributed by atoms with Crippen LogP contribution in [0.25, 0.3) is 21.6 Å². The summed E-state index contributed by atoms with van der Waals surface area (Å²) in [5.41, 5.74) is 8.43. The molecule has 34 heteroatoms. The van der Waals surface area contributed by atoms with E-state index >= 15 is 0 Å². The predicted octanol–water partition coefficient (Wildman–Crippen LogP) is 20.7. The Labute approximate surface area is 806 Å². The average molecular weight is 2000 g/mol. The van der Waals surface area contributed by atoms with Crippen molar-refractivity contribution in [3.05, 3.63) is 350 Å². The number of methoxy groups -OCH3 is 2. The molecule has 0 aliphatic carbocycles. The highest BCUT2D eigenvalue weighted by atomic mass is 79.9. The van der Waals surface area contributed by atoms with Gasteiger partial charge in [-0.3, -0.25) is 58.7 Å². The molecule has 0 aliphatic heterocycles. The zero-order valence-corrected chi connectivity index (χ0v) is 80.2. The summed E-state index contributed by atoms with van der Waals surface area (Å²) in [6.45, 7) is 30.4. The van der Waals surface area contributed by atoms with E-state index in [1.54, 1.807) is 165 Å². The highest BCUT2D eigenvalue weighted by Gasteiger charge is 2.26. The molecular formula is C100H115Br2N9O21S2. The number of carbonyl (C=O) groups excluding carboxylic acids is 11. The molecule has 13 aromatic rings. The first-order chi connectivity index (χ1) is 63.5. The number of hydrogen-bond donors (Lipinski definition) is 1. The molecule has 0 saturated heterocycles. The van der Waals surface area contributed by atoms with Crippen LogP contribution in [0.3, 0.4) is 0 Å². The normalized spacial score (nSPS) is 9.79. The zero-order valence-electron chi connectivity index (χ0n) is 75.4. The van der Waals surface area contributed by atoms with Crippen LogP contribution in [0.15, 0.2) is 295 Å². The van der Waals surface area contributed by atoms with Gasteiger partial charge in [-0.25, -0.2) is 29.0 Å². The number of rotatable bonds is 23. The Morgan fingerprint density at radius 3 is 1.39 bits per heavy atom. The number of hydrogen-bond acceptors (Lipinski definition) is 30. The molecule has 712 valence electrons. The lowest BCUT2D eigenvalue weighted by Gasteiger charge is -2.17. The van der Waals surface area contributed by atoms with Crippen LogP contribution < -0.4 is 9.47 Å². The van der Waals surface area contributed by atoms with Gasteiger partial charge in [0.1, 0.15) is 27.9 Å². The highest BCUT2D eigenvalue weighted by molar-refractivity contribution is 9.11.